The van der Waals surface area contributed by atoms with Crippen LogP contribution in [0.25, 0.3) is 0 Å². The van der Waals surface area contributed by atoms with Crippen LogP contribution in [0.1, 0.15) is 5.56 Å². The predicted octanol–water partition coefficient (Wildman–Crippen LogP) is 1.79. The van der Waals surface area contributed by atoms with E-state index >= 15 is 0 Å². The first-order chi connectivity index (χ1) is 14.4. The second-order valence-electron chi connectivity index (χ2n) is 6.83. The molecule has 8 nitrogen and oxygen atoms in total. The molecule has 0 unspecified atom stereocenters. The Balaban J connectivity index is 1.61. The Morgan fingerprint density at radius 1 is 0.867 bits per heavy atom. The summed E-state index contributed by atoms with van der Waals surface area (Å²) in [5.74, 6) is 1.72. The number of benzene rings is 2. The average molecular weight is 435 g/mol. The number of nitrogens with zero attached hydrogens (tertiary/aromatic N) is 2. The Morgan fingerprint density at radius 2 is 1.50 bits per heavy atom. The van der Waals surface area contributed by atoms with Gasteiger partial charge in [0.25, 0.3) is 0 Å². The first-order valence-corrected chi connectivity index (χ1v) is 11.0. The van der Waals surface area contributed by atoms with Crippen molar-refractivity contribution in [1.29, 1.82) is 0 Å². The number of hydrogen-bond acceptors (Lipinski definition) is 6. The monoisotopic (exact) mass is 434 g/mol. The molecular formula is C21H26N2O6S. The number of hydrogen-bond donors (Lipinski definition) is 0. The fraction of sp³-hybridized carbons (Fsp3) is 0.381. The molecule has 0 N–H and O–H groups in total. The van der Waals surface area contributed by atoms with Gasteiger partial charge in [-0.3, -0.25) is 4.79 Å². The highest BCUT2D eigenvalue weighted by Gasteiger charge is 2.30. The molecule has 0 atom stereocenters. The molecule has 1 fully saturated rings. The molecular weight excluding hydrogens is 408 g/mol. The van der Waals surface area contributed by atoms with Crippen molar-refractivity contribution in [2.75, 3.05) is 47.5 Å². The molecule has 0 aromatic heterocycles. The van der Waals surface area contributed by atoms with E-state index in [0.29, 0.717) is 30.3 Å². The van der Waals surface area contributed by atoms with E-state index in [4.69, 9.17) is 14.2 Å². The number of sulfonamides is 1. The minimum Gasteiger partial charge on any atom is -0.497 e. The third kappa shape index (κ3) is 4.68. The maximum atomic E-state index is 12.8. The molecule has 1 heterocycles. The standard InChI is InChI=1S/C21H26N2O6S/c1-27-17-5-7-18(8-6-17)30(25,26)23-12-10-22(11-13-23)21(24)15-16-4-9-19(28-2)20(14-16)29-3/h4-9,14H,10-13,15H2,1-3H3. The SMILES string of the molecule is COc1ccc(S(=O)(=O)N2CCN(C(=O)Cc3ccc(OC)c(OC)c3)CC2)cc1. The number of methoxy groups -OCH3 is 3. The Morgan fingerprint density at radius 3 is 2.07 bits per heavy atom. The molecule has 3 rings (SSSR count). The lowest BCUT2D eigenvalue weighted by atomic mass is 10.1. The number of amides is 1. The molecule has 1 aliphatic heterocycles. The summed E-state index contributed by atoms with van der Waals surface area (Å²) in [4.78, 5) is 14.6. The van der Waals surface area contributed by atoms with Gasteiger partial charge < -0.3 is 19.1 Å². The van der Waals surface area contributed by atoms with Gasteiger partial charge in [-0.15, -0.1) is 0 Å². The summed E-state index contributed by atoms with van der Waals surface area (Å²) in [6.07, 6.45) is 0.214. The van der Waals surface area contributed by atoms with E-state index in [1.54, 1.807) is 43.4 Å². The summed E-state index contributed by atoms with van der Waals surface area (Å²) in [5.41, 5.74) is 0.811. The molecule has 9 heteroatoms. The van der Waals surface area contributed by atoms with E-state index in [-0.39, 0.29) is 30.3 Å². The van der Waals surface area contributed by atoms with Gasteiger partial charge in [-0.2, -0.15) is 4.31 Å². The molecule has 0 bridgehead atoms. The average Bonchev–Trinajstić information content (AvgIpc) is 2.79. The van der Waals surface area contributed by atoms with Crippen LogP contribution in [0, 0.1) is 0 Å². The Kier molecular flexibility index (Phi) is 6.84. The van der Waals surface area contributed by atoms with Crippen molar-refractivity contribution in [1.82, 2.24) is 9.21 Å². The Bertz CT molecular complexity index is 983. The van der Waals surface area contributed by atoms with Crippen LogP contribution in [-0.4, -0.2) is 71.0 Å². The summed E-state index contributed by atoms with van der Waals surface area (Å²) in [6, 6.07) is 11.7. The van der Waals surface area contributed by atoms with Crippen molar-refractivity contribution in [3.05, 3.63) is 48.0 Å². The van der Waals surface area contributed by atoms with Crippen LogP contribution in [0.15, 0.2) is 47.4 Å². The third-order valence-electron chi connectivity index (χ3n) is 5.09. The van der Waals surface area contributed by atoms with Gasteiger partial charge in [0.05, 0.1) is 32.6 Å². The molecule has 30 heavy (non-hydrogen) atoms. The molecule has 0 aliphatic carbocycles. The van der Waals surface area contributed by atoms with E-state index in [2.05, 4.69) is 0 Å². The third-order valence-corrected chi connectivity index (χ3v) is 7.00. The lowest BCUT2D eigenvalue weighted by Gasteiger charge is -2.34. The number of carbonyl (C=O) groups excluding carboxylic acids is 1. The molecule has 2 aromatic carbocycles. The molecule has 1 saturated heterocycles. The maximum Gasteiger partial charge on any atom is 0.243 e. The Hall–Kier alpha value is -2.78. The van der Waals surface area contributed by atoms with E-state index in [1.807, 2.05) is 6.07 Å². The quantitative estimate of drug-likeness (QED) is 0.661. The smallest absolute Gasteiger partial charge is 0.243 e. The van der Waals surface area contributed by atoms with Gasteiger partial charge in [0, 0.05) is 26.2 Å². The fourth-order valence-electron chi connectivity index (χ4n) is 3.35. The van der Waals surface area contributed by atoms with Gasteiger partial charge in [0.15, 0.2) is 11.5 Å². The highest BCUT2D eigenvalue weighted by atomic mass is 32.2. The summed E-state index contributed by atoms with van der Waals surface area (Å²) >= 11 is 0. The van der Waals surface area contributed by atoms with Gasteiger partial charge >= 0.3 is 0 Å². The van der Waals surface area contributed by atoms with Crippen LogP contribution < -0.4 is 14.2 Å². The highest BCUT2D eigenvalue weighted by molar-refractivity contribution is 7.89. The number of piperazine rings is 1. The van der Waals surface area contributed by atoms with Crippen LogP contribution in [0.2, 0.25) is 0 Å². The van der Waals surface area contributed by atoms with Gasteiger partial charge in [0.2, 0.25) is 15.9 Å². The van der Waals surface area contributed by atoms with Crippen molar-refractivity contribution in [2.45, 2.75) is 11.3 Å². The second kappa shape index (κ2) is 9.36. The van der Waals surface area contributed by atoms with Crippen molar-refractivity contribution < 1.29 is 27.4 Å². The highest BCUT2D eigenvalue weighted by Crippen LogP contribution is 2.28. The van der Waals surface area contributed by atoms with Crippen LogP contribution in [-0.2, 0) is 21.2 Å². The summed E-state index contributed by atoms with van der Waals surface area (Å²) < 4.78 is 42.7. The number of ether oxygens (including phenoxy) is 3. The molecule has 1 amide bonds. The molecule has 2 aromatic rings. The van der Waals surface area contributed by atoms with Crippen LogP contribution in [0.4, 0.5) is 0 Å². The van der Waals surface area contributed by atoms with Crippen molar-refractivity contribution in [2.24, 2.45) is 0 Å². The second-order valence-corrected chi connectivity index (χ2v) is 8.76. The first kappa shape index (κ1) is 21.9. The van der Waals surface area contributed by atoms with Gasteiger partial charge in [-0.25, -0.2) is 8.42 Å². The summed E-state index contributed by atoms with van der Waals surface area (Å²) in [5, 5.41) is 0. The molecule has 0 saturated carbocycles. The zero-order chi connectivity index (χ0) is 21.7. The van der Waals surface area contributed by atoms with E-state index in [1.165, 1.54) is 23.5 Å². The van der Waals surface area contributed by atoms with Crippen LogP contribution >= 0.6 is 0 Å². The zero-order valence-corrected chi connectivity index (χ0v) is 18.1. The Labute approximate surface area is 177 Å². The van der Waals surface area contributed by atoms with Crippen molar-refractivity contribution in [3.63, 3.8) is 0 Å². The van der Waals surface area contributed by atoms with Gasteiger partial charge in [-0.1, -0.05) is 6.07 Å². The predicted molar refractivity (Wildman–Crippen MR) is 112 cm³/mol. The minimum absolute atomic E-state index is 0.0521. The normalized spacial score (nSPS) is 15.0. The summed E-state index contributed by atoms with van der Waals surface area (Å²) in [6.45, 7) is 1.21. The van der Waals surface area contributed by atoms with Crippen molar-refractivity contribution in [3.8, 4) is 17.2 Å². The van der Waals surface area contributed by atoms with E-state index in [9.17, 15) is 13.2 Å². The lowest BCUT2D eigenvalue weighted by Crippen LogP contribution is -2.50. The topological polar surface area (TPSA) is 85.4 Å². The van der Waals surface area contributed by atoms with Gasteiger partial charge in [-0.05, 0) is 42.0 Å². The first-order valence-electron chi connectivity index (χ1n) is 9.52. The fourth-order valence-corrected chi connectivity index (χ4v) is 4.77. The lowest BCUT2D eigenvalue weighted by molar-refractivity contribution is -0.131. The largest absolute Gasteiger partial charge is 0.497 e. The maximum absolute atomic E-state index is 12.8. The molecule has 0 spiro atoms. The van der Waals surface area contributed by atoms with Crippen LogP contribution in [0.3, 0.4) is 0 Å². The molecule has 162 valence electrons. The number of carbonyl (C=O) groups is 1. The van der Waals surface area contributed by atoms with E-state index in [0.717, 1.165) is 5.56 Å². The minimum atomic E-state index is -3.60. The number of rotatable bonds is 7. The zero-order valence-electron chi connectivity index (χ0n) is 17.3. The van der Waals surface area contributed by atoms with Crippen LogP contribution in [0.5, 0.6) is 17.2 Å². The van der Waals surface area contributed by atoms with E-state index < -0.39 is 10.0 Å². The molecule has 1 aliphatic rings. The van der Waals surface area contributed by atoms with Crippen molar-refractivity contribution >= 4 is 15.9 Å². The molecule has 0 radical (unpaired) electrons. The summed E-state index contributed by atoms with van der Waals surface area (Å²) in [7, 11) is 1.03. The van der Waals surface area contributed by atoms with Gasteiger partial charge in [0.1, 0.15) is 5.75 Å².